The van der Waals surface area contributed by atoms with Crippen LogP contribution in [-0.4, -0.2) is 63.6 Å². The first kappa shape index (κ1) is 9.95. The maximum absolute atomic E-state index is 11.2. The van der Waals surface area contributed by atoms with E-state index in [4.69, 9.17) is 0 Å². The van der Waals surface area contributed by atoms with Crippen LogP contribution in [0.15, 0.2) is 0 Å². The summed E-state index contributed by atoms with van der Waals surface area (Å²) in [6, 6.07) is -0.0665. The Morgan fingerprint density at radius 3 is 1.92 bits per heavy atom. The van der Waals surface area contributed by atoms with Crippen LogP contribution in [0.2, 0.25) is 0 Å². The van der Waals surface area contributed by atoms with Crippen molar-refractivity contribution in [2.24, 2.45) is 0 Å². The maximum Gasteiger partial charge on any atom is 0.304 e. The van der Waals surface area contributed by atoms with Gasteiger partial charge in [-0.1, -0.05) is 0 Å². The number of piperazine rings is 1. The second kappa shape index (κ2) is 4.20. The van der Waals surface area contributed by atoms with E-state index in [2.05, 4.69) is 5.23 Å². The second-order valence-corrected chi connectivity index (χ2v) is 3.05. The van der Waals surface area contributed by atoms with E-state index in [-0.39, 0.29) is 11.8 Å². The van der Waals surface area contributed by atoms with Crippen molar-refractivity contribution in [1.82, 2.24) is 15.0 Å². The molecular weight excluding hydrogens is 168 g/mol. The fourth-order valence-electron chi connectivity index (χ4n) is 1.38. The molecule has 7 heteroatoms. The zero-order valence-electron chi connectivity index (χ0n) is 8.04. The van der Waals surface area contributed by atoms with Gasteiger partial charge in [0.2, 0.25) is 15.8 Å². The summed E-state index contributed by atoms with van der Waals surface area (Å²) in [6.45, 7) is 2.53. The van der Waals surface area contributed by atoms with Crippen molar-refractivity contribution in [3.05, 3.63) is 0 Å². The summed E-state index contributed by atoms with van der Waals surface area (Å²) in [5.41, 5.74) is 0. The predicted molar refractivity (Wildman–Crippen MR) is 54.2 cm³/mol. The molecule has 1 N–H and O–H groups in total. The molecule has 0 atom stereocenters. The van der Waals surface area contributed by atoms with Crippen LogP contribution in [0.1, 0.15) is 0 Å². The van der Waals surface area contributed by atoms with Crippen molar-refractivity contribution in [1.29, 1.82) is 0 Å². The van der Waals surface area contributed by atoms with Gasteiger partial charge in [-0.15, -0.1) is 0 Å². The number of hydrogen-bond donors (Lipinski definition) is 1. The average Bonchev–Trinajstić information content (AvgIpc) is 2.17. The third-order valence-corrected chi connectivity index (χ3v) is 2.23. The van der Waals surface area contributed by atoms with Crippen LogP contribution in [0.4, 0.5) is 9.59 Å². The summed E-state index contributed by atoms with van der Waals surface area (Å²) in [7, 11) is 3.16. The topological polar surface area (TPSA) is 52.7 Å². The summed E-state index contributed by atoms with van der Waals surface area (Å²) >= 11 is 0. The molecule has 0 bridgehead atoms. The molecule has 0 unspecified atom stereocenters. The van der Waals surface area contributed by atoms with Crippen LogP contribution in [0, 0.1) is 0 Å². The maximum atomic E-state index is 11.2. The summed E-state index contributed by atoms with van der Waals surface area (Å²) in [5, 5.41) is 2.56. The Labute approximate surface area is 79.3 Å². The minimum Gasteiger partial charge on any atom is -0.388 e. The van der Waals surface area contributed by atoms with Crippen LogP contribution >= 0.6 is 0 Å². The van der Waals surface area contributed by atoms with Gasteiger partial charge < -0.3 is 15.0 Å². The van der Waals surface area contributed by atoms with Gasteiger partial charge in [-0.25, -0.2) is 0 Å². The number of nitrogens with one attached hydrogen (secondary N) is 1. The van der Waals surface area contributed by atoms with Gasteiger partial charge in [-0.2, -0.15) is 0 Å². The Balaban J connectivity index is 2.39. The quantitative estimate of drug-likeness (QED) is 0.424. The van der Waals surface area contributed by atoms with Crippen molar-refractivity contribution < 1.29 is 9.59 Å². The fourth-order valence-corrected chi connectivity index (χ4v) is 1.38. The standard InChI is InChI=1S/C6H13B2N3O2/c7-5(12)10-1-3-11(4-2-10)6(13)9-8/h1-4,7-8H2,(H,9,13). The first-order chi connectivity index (χ1) is 6.15. The highest BCUT2D eigenvalue weighted by Gasteiger charge is 2.20. The van der Waals surface area contributed by atoms with Gasteiger partial charge in [0, 0.05) is 26.2 Å². The van der Waals surface area contributed by atoms with E-state index in [0.717, 1.165) is 0 Å². The van der Waals surface area contributed by atoms with Crippen molar-refractivity contribution in [2.45, 2.75) is 0 Å². The van der Waals surface area contributed by atoms with Gasteiger partial charge >= 0.3 is 6.03 Å². The predicted octanol–water partition coefficient (Wildman–Crippen LogP) is -2.39. The summed E-state index contributed by atoms with van der Waals surface area (Å²) in [4.78, 5) is 25.6. The molecule has 0 radical (unpaired) electrons. The molecule has 1 fully saturated rings. The molecule has 13 heavy (non-hydrogen) atoms. The average molecular weight is 181 g/mol. The Morgan fingerprint density at radius 1 is 1.08 bits per heavy atom. The molecule has 70 valence electrons. The molecule has 0 aromatic carbocycles. The van der Waals surface area contributed by atoms with E-state index in [1.54, 1.807) is 25.6 Å². The van der Waals surface area contributed by atoms with E-state index in [0.29, 0.717) is 26.2 Å². The van der Waals surface area contributed by atoms with Crippen LogP contribution < -0.4 is 5.23 Å². The molecule has 0 aliphatic carbocycles. The molecule has 1 aliphatic heterocycles. The molecule has 1 aliphatic rings. The Bertz CT molecular complexity index is 216. The molecular formula is C6H13B2N3O2. The van der Waals surface area contributed by atoms with Gasteiger partial charge in [-0.05, 0) is 0 Å². The summed E-state index contributed by atoms with van der Waals surface area (Å²) in [5.74, 6) is 0.0801. The lowest BCUT2D eigenvalue weighted by atomic mass is 10.1. The van der Waals surface area contributed by atoms with Gasteiger partial charge in [0.15, 0.2) is 5.81 Å². The van der Waals surface area contributed by atoms with Crippen LogP contribution in [0.5, 0.6) is 0 Å². The molecule has 0 saturated carbocycles. The Morgan fingerprint density at radius 2 is 1.54 bits per heavy atom. The molecule has 3 amide bonds. The van der Waals surface area contributed by atoms with Crippen molar-refractivity contribution in [2.75, 3.05) is 26.2 Å². The fraction of sp³-hybridized carbons (Fsp3) is 0.667. The lowest BCUT2D eigenvalue weighted by Gasteiger charge is -2.34. The largest absolute Gasteiger partial charge is 0.388 e. The highest BCUT2D eigenvalue weighted by atomic mass is 16.2. The molecule has 5 nitrogen and oxygen atoms in total. The number of nitrogens with zero attached hydrogens (tertiary/aromatic N) is 2. The number of urea groups is 1. The number of carbonyl (C=O) groups is 2. The zero-order chi connectivity index (χ0) is 9.84. The summed E-state index contributed by atoms with van der Waals surface area (Å²) in [6.07, 6.45) is 0. The van der Waals surface area contributed by atoms with Gasteiger partial charge in [-0.3, -0.25) is 9.59 Å². The molecule has 0 spiro atoms. The minimum absolute atomic E-state index is 0.0665. The smallest absolute Gasteiger partial charge is 0.304 e. The monoisotopic (exact) mass is 181 g/mol. The van der Waals surface area contributed by atoms with E-state index in [1.165, 1.54) is 0 Å². The Kier molecular flexibility index (Phi) is 3.22. The van der Waals surface area contributed by atoms with Crippen LogP contribution in [0.3, 0.4) is 0 Å². The van der Waals surface area contributed by atoms with Gasteiger partial charge in [0.25, 0.3) is 0 Å². The number of rotatable bonds is 0. The van der Waals surface area contributed by atoms with E-state index in [9.17, 15) is 9.59 Å². The van der Waals surface area contributed by atoms with Gasteiger partial charge in [0.1, 0.15) is 0 Å². The molecule has 0 aromatic rings. The van der Waals surface area contributed by atoms with Crippen LogP contribution in [-0.2, 0) is 0 Å². The van der Waals surface area contributed by atoms with Crippen molar-refractivity contribution in [3.8, 4) is 0 Å². The molecule has 1 saturated heterocycles. The van der Waals surface area contributed by atoms with E-state index < -0.39 is 0 Å². The van der Waals surface area contributed by atoms with Crippen LogP contribution in [0.25, 0.3) is 0 Å². The third-order valence-electron chi connectivity index (χ3n) is 2.23. The number of carbonyl (C=O) groups excluding carboxylic acids is 2. The SMILES string of the molecule is BNC(=O)N1CCN(C(B)=O)CC1. The number of amides is 3. The zero-order valence-corrected chi connectivity index (χ0v) is 8.04. The van der Waals surface area contributed by atoms with Crippen molar-refractivity contribution >= 4 is 27.7 Å². The Hall–Kier alpha value is -1.13. The lowest BCUT2D eigenvalue weighted by molar-refractivity contribution is 0.156. The molecule has 1 heterocycles. The molecule has 0 aromatic heterocycles. The normalized spacial score (nSPS) is 16.9. The van der Waals surface area contributed by atoms with Crippen molar-refractivity contribution in [3.63, 3.8) is 0 Å². The van der Waals surface area contributed by atoms with Gasteiger partial charge in [0.05, 0.1) is 0 Å². The third kappa shape index (κ3) is 2.40. The lowest BCUT2D eigenvalue weighted by Crippen LogP contribution is -2.52. The second-order valence-electron chi connectivity index (χ2n) is 3.05. The number of hydrogen-bond acceptors (Lipinski definition) is 2. The first-order valence-corrected chi connectivity index (χ1v) is 4.37. The molecule has 1 rings (SSSR count). The minimum atomic E-state index is -0.0665. The highest BCUT2D eigenvalue weighted by molar-refractivity contribution is 6.56. The van der Waals surface area contributed by atoms with E-state index >= 15 is 0 Å². The first-order valence-electron chi connectivity index (χ1n) is 4.37. The van der Waals surface area contributed by atoms with E-state index in [1.807, 2.05) is 0 Å². The summed E-state index contributed by atoms with van der Waals surface area (Å²) < 4.78 is 0. The highest BCUT2D eigenvalue weighted by Crippen LogP contribution is 2.01.